The van der Waals surface area contributed by atoms with Crippen molar-refractivity contribution in [2.24, 2.45) is 0 Å². The summed E-state index contributed by atoms with van der Waals surface area (Å²) in [5.74, 6) is 1.52. The first-order valence-electron chi connectivity index (χ1n) is 9.62. The number of anilines is 1. The second-order valence-corrected chi connectivity index (χ2v) is 8.30. The van der Waals surface area contributed by atoms with Gasteiger partial charge in [-0.1, -0.05) is 18.2 Å². The summed E-state index contributed by atoms with van der Waals surface area (Å²) in [5.41, 5.74) is 2.42. The van der Waals surface area contributed by atoms with Gasteiger partial charge in [0.2, 0.25) is 5.95 Å². The minimum absolute atomic E-state index is 0.0564. The zero-order valence-electron chi connectivity index (χ0n) is 16.4. The summed E-state index contributed by atoms with van der Waals surface area (Å²) in [5, 5.41) is 0.822. The van der Waals surface area contributed by atoms with Crippen LogP contribution in [0, 0.1) is 0 Å². The number of benzene rings is 1. The molecule has 6 heteroatoms. The quantitative estimate of drug-likeness (QED) is 0.588. The summed E-state index contributed by atoms with van der Waals surface area (Å²) in [6, 6.07) is 7.97. The molecule has 3 aromatic rings. The Labute approximate surface area is 168 Å². The molecule has 0 saturated heterocycles. The SMILES string of the molecule is C=CCn1c(N(C)Cc2ccc(OC)cc2)nc2sc3c(c2c1=O)CCCC3. The van der Waals surface area contributed by atoms with Crippen LogP contribution in [0.3, 0.4) is 0 Å². The lowest BCUT2D eigenvalue weighted by molar-refractivity contribution is 0.414. The average Bonchev–Trinajstić information content (AvgIpc) is 3.09. The second-order valence-electron chi connectivity index (χ2n) is 7.21. The van der Waals surface area contributed by atoms with Gasteiger partial charge < -0.3 is 9.64 Å². The maximum Gasteiger partial charge on any atom is 0.264 e. The Morgan fingerprint density at radius 1 is 1.29 bits per heavy atom. The summed E-state index contributed by atoms with van der Waals surface area (Å²) >= 11 is 1.69. The predicted octanol–water partition coefficient (Wildman–Crippen LogP) is 4.17. The Kier molecular flexibility index (Phi) is 5.22. The number of thiophene rings is 1. The monoisotopic (exact) mass is 395 g/mol. The Morgan fingerprint density at radius 3 is 2.75 bits per heavy atom. The molecule has 2 aromatic heterocycles. The number of rotatable bonds is 6. The minimum Gasteiger partial charge on any atom is -0.497 e. The molecule has 0 saturated carbocycles. The Balaban J connectivity index is 1.77. The van der Waals surface area contributed by atoms with Gasteiger partial charge in [-0.15, -0.1) is 17.9 Å². The van der Waals surface area contributed by atoms with Gasteiger partial charge in [-0.3, -0.25) is 9.36 Å². The number of fused-ring (bicyclic) bond motifs is 3. The highest BCUT2D eigenvalue weighted by atomic mass is 32.1. The van der Waals surface area contributed by atoms with Gasteiger partial charge in [0.1, 0.15) is 10.6 Å². The van der Waals surface area contributed by atoms with Crippen molar-refractivity contribution in [3.8, 4) is 5.75 Å². The van der Waals surface area contributed by atoms with E-state index in [1.54, 1.807) is 29.1 Å². The van der Waals surface area contributed by atoms with Gasteiger partial charge in [-0.05, 0) is 48.9 Å². The average molecular weight is 396 g/mol. The van der Waals surface area contributed by atoms with Crippen LogP contribution in [0.15, 0.2) is 41.7 Å². The van der Waals surface area contributed by atoms with Gasteiger partial charge in [0, 0.05) is 25.0 Å². The van der Waals surface area contributed by atoms with E-state index in [-0.39, 0.29) is 5.56 Å². The summed E-state index contributed by atoms with van der Waals surface area (Å²) in [4.78, 5) is 22.5. The number of hydrogen-bond acceptors (Lipinski definition) is 5. The third-order valence-corrected chi connectivity index (χ3v) is 6.47. The number of allylic oxidation sites excluding steroid dienone is 1. The topological polar surface area (TPSA) is 47.4 Å². The number of aryl methyl sites for hydroxylation is 2. The van der Waals surface area contributed by atoms with Crippen molar-refractivity contribution >= 4 is 27.5 Å². The van der Waals surface area contributed by atoms with E-state index in [9.17, 15) is 4.79 Å². The lowest BCUT2D eigenvalue weighted by Gasteiger charge is -2.22. The number of hydrogen-bond donors (Lipinski definition) is 0. The zero-order valence-corrected chi connectivity index (χ0v) is 17.2. The van der Waals surface area contributed by atoms with Crippen LogP contribution in [0.1, 0.15) is 28.8 Å². The molecule has 0 atom stereocenters. The highest BCUT2D eigenvalue weighted by Crippen LogP contribution is 2.34. The van der Waals surface area contributed by atoms with Gasteiger partial charge in [0.15, 0.2) is 0 Å². The molecule has 5 nitrogen and oxygen atoms in total. The van der Waals surface area contributed by atoms with Crippen molar-refractivity contribution in [3.63, 3.8) is 0 Å². The van der Waals surface area contributed by atoms with E-state index in [0.717, 1.165) is 40.8 Å². The van der Waals surface area contributed by atoms with Crippen LogP contribution in [0.25, 0.3) is 10.2 Å². The van der Waals surface area contributed by atoms with E-state index in [0.29, 0.717) is 19.0 Å². The molecule has 28 heavy (non-hydrogen) atoms. The number of nitrogens with zero attached hydrogens (tertiary/aromatic N) is 3. The minimum atomic E-state index is 0.0564. The highest BCUT2D eigenvalue weighted by Gasteiger charge is 2.23. The number of ether oxygens (including phenoxy) is 1. The Bertz CT molecular complexity index is 1070. The van der Waals surface area contributed by atoms with Crippen LogP contribution in [0.2, 0.25) is 0 Å². The third kappa shape index (κ3) is 3.33. The summed E-state index contributed by atoms with van der Waals surface area (Å²) in [7, 11) is 3.64. The van der Waals surface area contributed by atoms with Crippen LogP contribution in [-0.4, -0.2) is 23.7 Å². The third-order valence-electron chi connectivity index (χ3n) is 5.29. The molecule has 146 valence electrons. The van der Waals surface area contributed by atoms with E-state index in [1.807, 2.05) is 36.2 Å². The largest absolute Gasteiger partial charge is 0.497 e. The maximum atomic E-state index is 13.4. The van der Waals surface area contributed by atoms with Crippen molar-refractivity contribution in [2.75, 3.05) is 19.1 Å². The Morgan fingerprint density at radius 2 is 2.04 bits per heavy atom. The smallest absolute Gasteiger partial charge is 0.264 e. The van der Waals surface area contributed by atoms with Crippen molar-refractivity contribution in [1.82, 2.24) is 9.55 Å². The molecule has 1 aliphatic rings. The van der Waals surface area contributed by atoms with E-state index < -0.39 is 0 Å². The lowest BCUT2D eigenvalue weighted by Crippen LogP contribution is -2.30. The predicted molar refractivity (Wildman–Crippen MR) is 116 cm³/mol. The molecule has 0 unspecified atom stereocenters. The lowest BCUT2D eigenvalue weighted by atomic mass is 9.97. The van der Waals surface area contributed by atoms with Crippen LogP contribution in [-0.2, 0) is 25.9 Å². The zero-order chi connectivity index (χ0) is 19.7. The molecule has 0 N–H and O–H groups in total. The Hall–Kier alpha value is -2.60. The highest BCUT2D eigenvalue weighted by molar-refractivity contribution is 7.18. The fraction of sp³-hybridized carbons (Fsp3) is 0.364. The molecule has 0 fully saturated rings. The fourth-order valence-corrected chi connectivity index (χ4v) is 5.14. The molecule has 0 aliphatic heterocycles. The van der Waals surface area contributed by atoms with Crippen molar-refractivity contribution in [2.45, 2.75) is 38.8 Å². The van der Waals surface area contributed by atoms with Crippen molar-refractivity contribution < 1.29 is 4.74 Å². The normalized spacial score (nSPS) is 13.4. The van der Waals surface area contributed by atoms with E-state index in [2.05, 4.69) is 6.58 Å². The van der Waals surface area contributed by atoms with Crippen LogP contribution in [0.4, 0.5) is 5.95 Å². The number of methoxy groups -OCH3 is 1. The van der Waals surface area contributed by atoms with Gasteiger partial charge in [0.25, 0.3) is 5.56 Å². The molecule has 1 aromatic carbocycles. The van der Waals surface area contributed by atoms with E-state index in [1.165, 1.54) is 16.9 Å². The molecule has 0 amide bonds. The summed E-state index contributed by atoms with van der Waals surface area (Å²) in [6.07, 6.45) is 6.16. The first-order chi connectivity index (χ1) is 13.6. The van der Waals surface area contributed by atoms with Crippen LogP contribution in [0.5, 0.6) is 5.75 Å². The molecule has 0 spiro atoms. The fourth-order valence-electron chi connectivity index (χ4n) is 3.89. The first kappa shape index (κ1) is 18.7. The molecular weight excluding hydrogens is 370 g/mol. The summed E-state index contributed by atoms with van der Waals surface area (Å²) in [6.45, 7) is 4.95. The second kappa shape index (κ2) is 7.80. The van der Waals surface area contributed by atoms with Gasteiger partial charge >= 0.3 is 0 Å². The molecule has 0 radical (unpaired) electrons. The van der Waals surface area contributed by atoms with E-state index >= 15 is 0 Å². The molecule has 1 aliphatic carbocycles. The molecule has 0 bridgehead atoms. The van der Waals surface area contributed by atoms with Crippen molar-refractivity contribution in [3.05, 3.63) is 63.3 Å². The maximum absolute atomic E-state index is 13.4. The van der Waals surface area contributed by atoms with Gasteiger partial charge in [0.05, 0.1) is 12.5 Å². The van der Waals surface area contributed by atoms with Crippen LogP contribution >= 0.6 is 11.3 Å². The molecular formula is C22H25N3O2S. The first-order valence-corrected chi connectivity index (χ1v) is 10.4. The number of aromatic nitrogens is 2. The van der Waals surface area contributed by atoms with Crippen LogP contribution < -0.4 is 15.2 Å². The van der Waals surface area contributed by atoms with Crippen molar-refractivity contribution in [1.29, 1.82) is 0 Å². The van der Waals surface area contributed by atoms with Gasteiger partial charge in [-0.25, -0.2) is 4.98 Å². The standard InChI is InChI=1S/C22H25N3O2S/c1-4-13-25-21(26)19-17-7-5-6-8-18(17)28-20(19)23-22(25)24(2)14-15-9-11-16(27-3)12-10-15/h4,9-12H,1,5-8,13-14H2,2-3H3. The summed E-state index contributed by atoms with van der Waals surface area (Å²) < 4.78 is 6.98. The van der Waals surface area contributed by atoms with Gasteiger partial charge in [-0.2, -0.15) is 0 Å². The van der Waals surface area contributed by atoms with E-state index in [4.69, 9.17) is 9.72 Å². The molecule has 4 rings (SSSR count). The molecule has 2 heterocycles.